The zero-order chi connectivity index (χ0) is 8.85. The van der Waals surface area contributed by atoms with E-state index in [9.17, 15) is 0 Å². The van der Waals surface area contributed by atoms with Gasteiger partial charge >= 0.3 is 0 Å². The lowest BCUT2D eigenvalue weighted by molar-refractivity contribution is 1.02. The number of hydrogen-bond donors (Lipinski definition) is 0. The molecule has 0 fully saturated rings. The summed E-state index contributed by atoms with van der Waals surface area (Å²) in [6.45, 7) is 9.94. The van der Waals surface area contributed by atoms with Crippen LogP contribution in [0.15, 0.2) is 23.8 Å². The second-order valence-corrected chi connectivity index (χ2v) is 3.33. The van der Waals surface area contributed by atoms with Crippen LogP contribution in [0.3, 0.4) is 0 Å². The highest BCUT2D eigenvalue weighted by molar-refractivity contribution is 7.80. The van der Waals surface area contributed by atoms with Crippen molar-refractivity contribution in [3.63, 3.8) is 0 Å². The van der Waals surface area contributed by atoms with Crippen molar-refractivity contribution in [2.75, 3.05) is 0 Å². The summed E-state index contributed by atoms with van der Waals surface area (Å²) in [6, 6.07) is 0. The molecule has 62 valence electrons. The van der Waals surface area contributed by atoms with Gasteiger partial charge in [0.05, 0.1) is 0 Å². The van der Waals surface area contributed by atoms with Crippen LogP contribution in [0.4, 0.5) is 0 Å². The van der Waals surface area contributed by atoms with Crippen molar-refractivity contribution < 1.29 is 0 Å². The van der Waals surface area contributed by atoms with E-state index in [1.807, 2.05) is 6.92 Å². The number of hydrogen-bond acceptors (Lipinski definition) is 1. The molecule has 0 amide bonds. The van der Waals surface area contributed by atoms with E-state index < -0.39 is 0 Å². The quantitative estimate of drug-likeness (QED) is 0.350. The molecule has 0 saturated heterocycles. The average molecular weight is 168 g/mol. The normalized spacial score (nSPS) is 11.4. The molecule has 0 aromatic rings. The fourth-order valence-corrected chi connectivity index (χ4v) is 0.770. The molecule has 0 nitrogen and oxygen atoms in total. The summed E-state index contributed by atoms with van der Waals surface area (Å²) < 4.78 is 0. The molecule has 0 radical (unpaired) electrons. The monoisotopic (exact) mass is 168 g/mol. The minimum Gasteiger partial charge on any atom is -0.0950 e. The Hall–Kier alpha value is -0.430. The van der Waals surface area contributed by atoms with Gasteiger partial charge in [0.25, 0.3) is 0 Å². The number of rotatable bonds is 4. The van der Waals surface area contributed by atoms with Crippen LogP contribution in [-0.2, 0) is 0 Å². The predicted molar refractivity (Wildman–Crippen MR) is 56.1 cm³/mol. The maximum absolute atomic E-state index is 5.12. The third-order valence-electron chi connectivity index (χ3n) is 1.72. The first-order chi connectivity index (χ1) is 5.07. The van der Waals surface area contributed by atoms with Gasteiger partial charge in [0.1, 0.15) is 0 Å². The highest BCUT2D eigenvalue weighted by atomic mass is 32.1. The van der Waals surface area contributed by atoms with Crippen LogP contribution < -0.4 is 0 Å². The molecule has 0 unspecified atom stereocenters. The molecule has 11 heavy (non-hydrogen) atoms. The van der Waals surface area contributed by atoms with Crippen molar-refractivity contribution in [1.82, 2.24) is 0 Å². The molecule has 0 saturated carbocycles. The summed E-state index contributed by atoms with van der Waals surface area (Å²) in [7, 11) is 0. The molecule has 0 aromatic heterocycles. The minimum absolute atomic E-state index is 0.973. The van der Waals surface area contributed by atoms with E-state index >= 15 is 0 Å². The van der Waals surface area contributed by atoms with E-state index in [1.54, 1.807) is 0 Å². The van der Waals surface area contributed by atoms with Crippen molar-refractivity contribution in [3.8, 4) is 0 Å². The van der Waals surface area contributed by atoms with Gasteiger partial charge in [0.15, 0.2) is 0 Å². The maximum atomic E-state index is 5.12. The largest absolute Gasteiger partial charge is 0.0950 e. The Morgan fingerprint density at radius 1 is 1.36 bits per heavy atom. The lowest BCUT2D eigenvalue weighted by Gasteiger charge is -2.01. The van der Waals surface area contributed by atoms with Crippen LogP contribution in [0, 0.1) is 0 Å². The molecule has 0 N–H and O–H groups in total. The first-order valence-corrected chi connectivity index (χ1v) is 4.29. The van der Waals surface area contributed by atoms with Crippen molar-refractivity contribution in [3.05, 3.63) is 23.8 Å². The van der Waals surface area contributed by atoms with Crippen LogP contribution in [0.2, 0.25) is 0 Å². The zero-order valence-electron chi connectivity index (χ0n) is 7.61. The van der Waals surface area contributed by atoms with Gasteiger partial charge in [-0.2, -0.15) is 0 Å². The van der Waals surface area contributed by atoms with Gasteiger partial charge in [-0.05, 0) is 39.2 Å². The van der Waals surface area contributed by atoms with Gasteiger partial charge in [0, 0.05) is 4.86 Å². The molecular weight excluding hydrogens is 152 g/mol. The second kappa shape index (κ2) is 5.25. The molecule has 0 rings (SSSR count). The first kappa shape index (κ1) is 10.6. The lowest BCUT2D eigenvalue weighted by Crippen LogP contribution is -1.94. The Bertz CT molecular complexity index is 187. The number of allylic oxidation sites excluding steroid dienone is 3. The van der Waals surface area contributed by atoms with Crippen molar-refractivity contribution in [2.24, 2.45) is 0 Å². The minimum atomic E-state index is 0.973. The van der Waals surface area contributed by atoms with E-state index in [0.29, 0.717) is 0 Å². The predicted octanol–water partition coefficient (Wildman–Crippen LogP) is 3.68. The number of thiocarbonyl (C=S) groups is 1. The maximum Gasteiger partial charge on any atom is 0.0178 e. The van der Waals surface area contributed by atoms with Crippen LogP contribution >= 0.6 is 12.2 Å². The third-order valence-corrected chi connectivity index (χ3v) is 2.27. The van der Waals surface area contributed by atoms with Crippen molar-refractivity contribution >= 4 is 17.1 Å². The van der Waals surface area contributed by atoms with E-state index in [-0.39, 0.29) is 0 Å². The topological polar surface area (TPSA) is 0 Å². The van der Waals surface area contributed by atoms with Crippen LogP contribution in [0.1, 0.15) is 33.6 Å². The Morgan fingerprint density at radius 2 is 1.91 bits per heavy atom. The summed E-state index contributed by atoms with van der Waals surface area (Å²) in [6.07, 6.45) is 4.17. The highest BCUT2D eigenvalue weighted by Crippen LogP contribution is 2.08. The summed E-state index contributed by atoms with van der Waals surface area (Å²) in [4.78, 5) is 1.01. The fourth-order valence-electron chi connectivity index (χ4n) is 0.668. The van der Waals surface area contributed by atoms with Gasteiger partial charge in [-0.25, -0.2) is 0 Å². The smallest absolute Gasteiger partial charge is 0.0178 e. The average Bonchev–Trinajstić information content (AvgIpc) is 1.99. The molecule has 0 bridgehead atoms. The zero-order valence-corrected chi connectivity index (χ0v) is 8.42. The molecular formula is C10H16S. The molecule has 0 atom stereocenters. The van der Waals surface area contributed by atoms with E-state index in [2.05, 4.69) is 26.5 Å². The summed E-state index contributed by atoms with van der Waals surface area (Å²) in [5, 5.41) is 0. The molecule has 0 heterocycles. The molecule has 0 aromatic carbocycles. The molecule has 0 aliphatic rings. The molecule has 0 aliphatic heterocycles. The summed E-state index contributed by atoms with van der Waals surface area (Å²) in [5.74, 6) is 0. The highest BCUT2D eigenvalue weighted by Gasteiger charge is 1.96. The first-order valence-electron chi connectivity index (χ1n) is 3.88. The Labute approximate surface area is 75.0 Å². The third kappa shape index (κ3) is 4.91. The lowest BCUT2D eigenvalue weighted by atomic mass is 10.1. The summed E-state index contributed by atoms with van der Waals surface area (Å²) in [5.41, 5.74) is 2.43. The van der Waals surface area contributed by atoms with Gasteiger partial charge in [-0.3, -0.25) is 0 Å². The molecule has 0 aliphatic carbocycles. The Kier molecular flexibility index (Phi) is 5.05. The van der Waals surface area contributed by atoms with Gasteiger partial charge in [-0.15, -0.1) is 0 Å². The SMILES string of the molecule is C=C(C)C(=S)CCC(C)=CC. The van der Waals surface area contributed by atoms with Crippen molar-refractivity contribution in [1.29, 1.82) is 0 Å². The standard InChI is InChI=1S/C10H16S/c1-5-9(4)6-7-10(11)8(2)3/h5H,2,6-7H2,1,3-4H3. The fraction of sp³-hybridized carbons (Fsp3) is 0.500. The van der Waals surface area contributed by atoms with E-state index in [1.165, 1.54) is 5.57 Å². The van der Waals surface area contributed by atoms with Crippen LogP contribution in [-0.4, -0.2) is 4.86 Å². The van der Waals surface area contributed by atoms with Crippen molar-refractivity contribution in [2.45, 2.75) is 33.6 Å². The van der Waals surface area contributed by atoms with Gasteiger partial charge < -0.3 is 0 Å². The van der Waals surface area contributed by atoms with E-state index in [0.717, 1.165) is 23.3 Å². The van der Waals surface area contributed by atoms with Gasteiger partial charge in [0.2, 0.25) is 0 Å². The molecule has 0 spiro atoms. The van der Waals surface area contributed by atoms with Crippen LogP contribution in [0.25, 0.3) is 0 Å². The van der Waals surface area contributed by atoms with Crippen LogP contribution in [0.5, 0.6) is 0 Å². The Morgan fingerprint density at radius 3 is 2.27 bits per heavy atom. The summed E-state index contributed by atoms with van der Waals surface area (Å²) >= 11 is 5.12. The van der Waals surface area contributed by atoms with Gasteiger partial charge in [-0.1, -0.05) is 30.4 Å². The van der Waals surface area contributed by atoms with E-state index in [4.69, 9.17) is 12.2 Å². The molecule has 1 heteroatoms. The second-order valence-electron chi connectivity index (χ2n) is 2.84. The Balaban J connectivity index is 3.72.